The van der Waals surface area contributed by atoms with Crippen LogP contribution in [0.15, 0.2) is 231 Å². The molecular formula is C89H136O17P2. The van der Waals surface area contributed by atoms with Crippen molar-refractivity contribution in [3.8, 4) is 0 Å². The zero-order chi connectivity index (χ0) is 78.9. The first kappa shape index (κ1) is 101. The van der Waals surface area contributed by atoms with E-state index in [2.05, 4.69) is 204 Å². The van der Waals surface area contributed by atoms with E-state index in [4.69, 9.17) is 37.0 Å². The van der Waals surface area contributed by atoms with Crippen LogP contribution in [0.25, 0.3) is 0 Å². The van der Waals surface area contributed by atoms with E-state index in [9.17, 15) is 43.2 Å². The fourth-order valence-corrected chi connectivity index (χ4v) is 10.9. The number of phosphoric acid groups is 2. The molecule has 0 rings (SSSR count). The summed E-state index contributed by atoms with van der Waals surface area (Å²) in [4.78, 5) is 73.0. The number of allylic oxidation sites excluding steroid dienone is 37. The Morgan fingerprint density at radius 1 is 0.269 bits per heavy atom. The predicted molar refractivity (Wildman–Crippen MR) is 444 cm³/mol. The predicted octanol–water partition coefficient (Wildman–Crippen LogP) is 23.4. The maximum Gasteiger partial charge on any atom is 0.472 e. The number of esters is 4. The Morgan fingerprint density at radius 2 is 0.519 bits per heavy atom. The molecule has 0 aliphatic carbocycles. The van der Waals surface area contributed by atoms with Crippen LogP contribution in [0.5, 0.6) is 0 Å². The third kappa shape index (κ3) is 77.3. The number of unbranched alkanes of at least 4 members (excludes halogenated alkanes) is 8. The van der Waals surface area contributed by atoms with Crippen molar-refractivity contribution in [3.05, 3.63) is 231 Å². The van der Waals surface area contributed by atoms with Crippen LogP contribution in [0.4, 0.5) is 0 Å². The third-order valence-corrected chi connectivity index (χ3v) is 17.1. The van der Waals surface area contributed by atoms with Gasteiger partial charge < -0.3 is 33.8 Å². The molecule has 604 valence electrons. The van der Waals surface area contributed by atoms with Gasteiger partial charge in [-0.1, -0.05) is 291 Å². The molecule has 17 nitrogen and oxygen atoms in total. The van der Waals surface area contributed by atoms with Crippen molar-refractivity contribution >= 4 is 39.5 Å². The average Bonchev–Trinajstić information content (AvgIpc) is 0.906. The first-order valence-electron chi connectivity index (χ1n) is 39.6. The molecule has 5 atom stereocenters. The van der Waals surface area contributed by atoms with E-state index >= 15 is 0 Å². The number of carbonyl (C=O) groups is 4. The third-order valence-electron chi connectivity index (χ3n) is 15.2. The highest BCUT2D eigenvalue weighted by molar-refractivity contribution is 7.47. The van der Waals surface area contributed by atoms with Gasteiger partial charge in [0, 0.05) is 19.3 Å². The Morgan fingerprint density at radius 3 is 0.861 bits per heavy atom. The van der Waals surface area contributed by atoms with Gasteiger partial charge in [-0.2, -0.15) is 0 Å². The van der Waals surface area contributed by atoms with Gasteiger partial charge >= 0.3 is 39.5 Å². The number of aliphatic hydroxyl groups excluding tert-OH is 1. The molecule has 0 aromatic rings. The molecular weight excluding hydrogens is 1400 g/mol. The normalized spacial score (nSPS) is 15.1. The van der Waals surface area contributed by atoms with Gasteiger partial charge in [0.2, 0.25) is 0 Å². The van der Waals surface area contributed by atoms with Crippen LogP contribution in [0.3, 0.4) is 0 Å². The fraction of sp³-hybridized carbons (Fsp3) is 0.528. The zero-order valence-electron chi connectivity index (χ0n) is 65.9. The van der Waals surface area contributed by atoms with Crippen LogP contribution in [-0.2, 0) is 65.4 Å². The van der Waals surface area contributed by atoms with Crippen LogP contribution in [0.2, 0.25) is 0 Å². The monoisotopic (exact) mass is 1540 g/mol. The summed E-state index contributed by atoms with van der Waals surface area (Å²) in [6.45, 7) is 4.09. The Balaban J connectivity index is 5.59. The van der Waals surface area contributed by atoms with Crippen LogP contribution in [0, 0.1) is 0 Å². The van der Waals surface area contributed by atoms with Crippen LogP contribution in [0.1, 0.15) is 246 Å². The molecule has 0 radical (unpaired) electrons. The Bertz CT molecular complexity index is 2960. The SMILES string of the molecule is CC/C=C\C/C=C\C/C=C\C/C=C\C/C=C\C/C=C\CCC(=O)OCC(COP(=O)(O)OCC(O)COP(=O)(O)OCC(COC(=O)CCCCCCCCC/C=C\C/C=C\C/C=C\CC)OC(=O)C/C=C\C/C=C\C/C=C\C/C=C\C/C=C\CC)OC(=O)CCC/C=C\C/C=C\C/C=C\C/C=C\C/C=C\CC. The second kappa shape index (κ2) is 78.2. The fourth-order valence-electron chi connectivity index (χ4n) is 9.31. The smallest absolute Gasteiger partial charge is 0.462 e. The van der Waals surface area contributed by atoms with E-state index in [1.54, 1.807) is 12.2 Å². The number of hydrogen-bond acceptors (Lipinski definition) is 15. The highest BCUT2D eigenvalue weighted by atomic mass is 31.2. The lowest BCUT2D eigenvalue weighted by Crippen LogP contribution is -2.30. The second-order valence-corrected chi connectivity index (χ2v) is 28.0. The standard InChI is InChI=1S/C89H136O17P2/c1-5-9-13-17-21-25-29-33-37-40-41-44-47-50-54-58-62-66-70-74-87(92)100-80-85(106-89(94)76-72-68-64-60-56-52-48-43-39-35-31-27-23-19-15-11-7-3)82-104-108(97,98)102-78-83(90)77-101-107(95,96)103-81-84(105-88(93)75-71-67-63-59-55-51-45-36-32-28-24-20-16-12-8-4)79-99-86(91)73-69-65-61-57-53-49-46-42-38-34-30-26-22-18-14-10-6-2/h9-16,21-28,33-39,41,44-45,48,50,52,54-55,59-60,62,64,66-67,71,83-85,90H,5-8,17-20,29-32,40,42-43,46-47,49,51,53,56-58,61,63,65,68-70,72-82H2,1-4H3,(H,95,96)(H,97,98)/b13-9-,14-10-,15-11-,16-12-,25-21-,26-22-,27-23-,28-24-,37-33-,38-34-,39-35-,44-41-,45-36-,52-48-,54-50-,59-55-,64-60-,66-62-,71-67-. The van der Waals surface area contributed by atoms with Gasteiger partial charge in [-0.3, -0.25) is 37.3 Å². The molecule has 0 amide bonds. The maximum absolute atomic E-state index is 13.1. The van der Waals surface area contributed by atoms with E-state index in [0.717, 1.165) is 154 Å². The van der Waals surface area contributed by atoms with Crippen molar-refractivity contribution in [2.75, 3.05) is 39.6 Å². The molecule has 0 aromatic heterocycles. The molecule has 0 bridgehead atoms. The number of carbonyl (C=O) groups excluding carboxylic acids is 4. The van der Waals surface area contributed by atoms with Crippen molar-refractivity contribution in [1.82, 2.24) is 0 Å². The van der Waals surface area contributed by atoms with Crippen LogP contribution < -0.4 is 0 Å². The molecule has 108 heavy (non-hydrogen) atoms. The highest BCUT2D eigenvalue weighted by Gasteiger charge is 2.30. The van der Waals surface area contributed by atoms with Gasteiger partial charge in [-0.25, -0.2) is 9.13 Å². The number of hydrogen-bond donors (Lipinski definition) is 3. The first-order chi connectivity index (χ1) is 52.7. The molecule has 0 aromatic carbocycles. The van der Waals surface area contributed by atoms with Crippen molar-refractivity contribution < 1.29 is 80.2 Å². The largest absolute Gasteiger partial charge is 0.472 e. The molecule has 3 N–H and O–H groups in total. The number of ether oxygens (including phenoxy) is 4. The average molecular weight is 1540 g/mol. The van der Waals surface area contributed by atoms with Crippen molar-refractivity contribution in [1.29, 1.82) is 0 Å². The summed E-state index contributed by atoms with van der Waals surface area (Å²) in [5.41, 5.74) is 0. The molecule has 0 aliphatic heterocycles. The van der Waals surface area contributed by atoms with Crippen LogP contribution in [-0.4, -0.2) is 96.7 Å². The molecule has 0 saturated carbocycles. The second-order valence-electron chi connectivity index (χ2n) is 25.1. The van der Waals surface area contributed by atoms with E-state index in [0.29, 0.717) is 38.5 Å². The summed E-state index contributed by atoms with van der Waals surface area (Å²) in [5, 5.41) is 10.6. The van der Waals surface area contributed by atoms with Gasteiger partial charge in [-0.15, -0.1) is 0 Å². The molecule has 0 spiro atoms. The van der Waals surface area contributed by atoms with Crippen molar-refractivity contribution in [2.24, 2.45) is 0 Å². The van der Waals surface area contributed by atoms with Crippen LogP contribution >= 0.6 is 15.6 Å². The number of rotatable bonds is 71. The lowest BCUT2D eigenvalue weighted by Gasteiger charge is -2.21. The maximum atomic E-state index is 13.1. The van der Waals surface area contributed by atoms with E-state index in [1.807, 2.05) is 42.5 Å². The highest BCUT2D eigenvalue weighted by Crippen LogP contribution is 2.45. The zero-order valence-corrected chi connectivity index (χ0v) is 67.7. The summed E-state index contributed by atoms with van der Waals surface area (Å²) >= 11 is 0. The quantitative estimate of drug-likeness (QED) is 0.0169. The van der Waals surface area contributed by atoms with E-state index < -0.39 is 97.5 Å². The summed E-state index contributed by atoms with van der Waals surface area (Å²) < 4.78 is 68.3. The minimum Gasteiger partial charge on any atom is -0.462 e. The number of aliphatic hydroxyl groups is 1. The topological polar surface area (TPSA) is 237 Å². The van der Waals surface area contributed by atoms with Crippen molar-refractivity contribution in [3.63, 3.8) is 0 Å². The lowest BCUT2D eigenvalue weighted by molar-refractivity contribution is -0.161. The molecule has 19 heteroatoms. The molecule has 5 unspecified atom stereocenters. The van der Waals surface area contributed by atoms with Gasteiger partial charge in [0.05, 0.1) is 32.8 Å². The van der Waals surface area contributed by atoms with Gasteiger partial charge in [-0.05, 0) is 161 Å². The lowest BCUT2D eigenvalue weighted by atomic mass is 10.1. The Kier molecular flexibility index (Phi) is 73.3. The molecule has 0 saturated heterocycles. The summed E-state index contributed by atoms with van der Waals surface area (Å²) in [6, 6.07) is 0. The number of phosphoric ester groups is 2. The Labute approximate surface area is 651 Å². The molecule has 0 heterocycles. The first-order valence-corrected chi connectivity index (χ1v) is 42.6. The molecule has 0 aliphatic rings. The van der Waals surface area contributed by atoms with Gasteiger partial charge in [0.1, 0.15) is 19.3 Å². The summed E-state index contributed by atoms with van der Waals surface area (Å²) in [5.74, 6) is -2.53. The van der Waals surface area contributed by atoms with E-state index in [1.165, 1.54) is 0 Å². The minimum atomic E-state index is -5.03. The minimum absolute atomic E-state index is 0.0110. The van der Waals surface area contributed by atoms with Gasteiger partial charge in [0.25, 0.3) is 0 Å². The summed E-state index contributed by atoms with van der Waals surface area (Å²) in [6.07, 6.45) is 101. The van der Waals surface area contributed by atoms with Crippen molar-refractivity contribution in [2.45, 2.75) is 264 Å². The molecule has 0 fully saturated rings. The van der Waals surface area contributed by atoms with E-state index in [-0.39, 0.29) is 25.7 Å². The van der Waals surface area contributed by atoms with Gasteiger partial charge in [0.15, 0.2) is 12.2 Å². The summed E-state index contributed by atoms with van der Waals surface area (Å²) in [7, 11) is -10.1. The Hall–Kier alpha value is -6.88.